The first-order chi connectivity index (χ1) is 12.8. The Labute approximate surface area is 180 Å². The molecule has 0 radical (unpaired) electrons. The van der Waals surface area contributed by atoms with Gasteiger partial charge in [-0.1, -0.05) is 68.4 Å². The van der Waals surface area contributed by atoms with E-state index in [1.165, 1.54) is 0 Å². The predicted octanol–water partition coefficient (Wildman–Crippen LogP) is 9.16. The minimum absolute atomic E-state index is 0.196. The van der Waals surface area contributed by atoms with Crippen molar-refractivity contribution in [1.29, 1.82) is 0 Å². The van der Waals surface area contributed by atoms with Crippen LogP contribution >= 0.6 is 34.8 Å². The van der Waals surface area contributed by atoms with Crippen LogP contribution in [0.25, 0.3) is 0 Å². The van der Waals surface area contributed by atoms with Crippen LogP contribution in [0.5, 0.6) is 0 Å². The summed E-state index contributed by atoms with van der Waals surface area (Å²) in [5, 5.41) is 1.60. The van der Waals surface area contributed by atoms with Crippen molar-refractivity contribution in [3.8, 4) is 0 Å². The molecule has 6 heteroatoms. The van der Waals surface area contributed by atoms with Gasteiger partial charge in [-0.3, -0.25) is 0 Å². The number of benzene rings is 1. The summed E-state index contributed by atoms with van der Waals surface area (Å²) < 4.78 is 21.6. The Bertz CT molecular complexity index is 584. The second kappa shape index (κ2) is 10.3. The maximum atomic E-state index is 14.8. The summed E-state index contributed by atoms with van der Waals surface area (Å²) in [6.45, 7) is 6.61. The van der Waals surface area contributed by atoms with Crippen molar-refractivity contribution >= 4 is 43.1 Å². The van der Waals surface area contributed by atoms with Crippen molar-refractivity contribution in [3.63, 3.8) is 0 Å². The van der Waals surface area contributed by atoms with Crippen LogP contribution in [0.4, 0.5) is 4.39 Å². The molecule has 0 amide bonds. The quantitative estimate of drug-likeness (QED) is 0.321. The topological polar surface area (TPSA) is 9.23 Å². The molecule has 27 heavy (non-hydrogen) atoms. The van der Waals surface area contributed by atoms with Crippen molar-refractivity contribution in [1.82, 2.24) is 0 Å². The maximum Gasteiger partial charge on any atom is 0.192 e. The Morgan fingerprint density at radius 2 is 1.56 bits per heavy atom. The molecule has 1 aromatic carbocycles. The summed E-state index contributed by atoms with van der Waals surface area (Å²) in [5.74, 6) is 0. The standard InChI is InChI=1S/C21H32Cl3FOSi/c1-4-27(5-2,6-3)26-19(10-9-13-21(25)11-7-8-12-21)20-17(23)14-16(22)15-18(20)24/h14-15,19H,4-13H2,1-3H3. The van der Waals surface area contributed by atoms with Crippen LogP contribution < -0.4 is 0 Å². The second-order valence-electron chi connectivity index (χ2n) is 7.88. The highest BCUT2D eigenvalue weighted by Gasteiger charge is 2.36. The van der Waals surface area contributed by atoms with Gasteiger partial charge in [0.2, 0.25) is 0 Å². The molecule has 1 unspecified atom stereocenters. The van der Waals surface area contributed by atoms with E-state index < -0.39 is 14.0 Å². The first-order valence-corrected chi connectivity index (χ1v) is 14.0. The minimum Gasteiger partial charge on any atom is -0.410 e. The van der Waals surface area contributed by atoms with Gasteiger partial charge < -0.3 is 4.43 Å². The molecular weight excluding hydrogens is 422 g/mol. The molecule has 1 aliphatic rings. The van der Waals surface area contributed by atoms with E-state index in [0.717, 1.165) is 49.4 Å². The minimum atomic E-state index is -1.87. The van der Waals surface area contributed by atoms with Gasteiger partial charge in [0.15, 0.2) is 8.32 Å². The number of hydrogen-bond donors (Lipinski definition) is 0. The van der Waals surface area contributed by atoms with Gasteiger partial charge in [-0.05, 0) is 62.4 Å². The van der Waals surface area contributed by atoms with E-state index in [0.29, 0.717) is 34.3 Å². The first kappa shape index (κ1) is 23.5. The molecule has 1 nitrogen and oxygen atoms in total. The van der Waals surface area contributed by atoms with Crippen LogP contribution in [0.3, 0.4) is 0 Å². The van der Waals surface area contributed by atoms with Crippen molar-refractivity contribution in [3.05, 3.63) is 32.8 Å². The molecule has 0 saturated heterocycles. The van der Waals surface area contributed by atoms with Crippen molar-refractivity contribution in [2.24, 2.45) is 0 Å². The summed E-state index contributed by atoms with van der Waals surface area (Å²) >= 11 is 19.1. The number of hydrogen-bond acceptors (Lipinski definition) is 1. The van der Waals surface area contributed by atoms with Crippen LogP contribution in [0.2, 0.25) is 33.2 Å². The van der Waals surface area contributed by atoms with Gasteiger partial charge in [-0.25, -0.2) is 4.39 Å². The van der Waals surface area contributed by atoms with Crippen molar-refractivity contribution < 1.29 is 8.82 Å². The van der Waals surface area contributed by atoms with E-state index in [9.17, 15) is 4.39 Å². The molecule has 1 fully saturated rings. The molecule has 0 aromatic heterocycles. The largest absolute Gasteiger partial charge is 0.410 e. The van der Waals surface area contributed by atoms with Gasteiger partial charge in [0.25, 0.3) is 0 Å². The molecule has 0 aliphatic heterocycles. The SMILES string of the molecule is CC[Si](CC)(CC)OC(CCCC1(F)CCCC1)c1c(Cl)cc(Cl)cc1Cl. The Balaban J connectivity index is 2.23. The molecule has 154 valence electrons. The Hall–Kier alpha value is 0.197. The fourth-order valence-corrected chi connectivity index (χ4v) is 8.19. The van der Waals surface area contributed by atoms with Crippen molar-refractivity contribution in [2.45, 2.75) is 95.6 Å². The first-order valence-electron chi connectivity index (χ1n) is 10.3. The van der Waals surface area contributed by atoms with Crippen LogP contribution in [0.15, 0.2) is 12.1 Å². The molecule has 1 saturated carbocycles. The summed E-state index contributed by atoms with van der Waals surface area (Å²) in [5.41, 5.74) is -0.179. The molecule has 0 spiro atoms. The normalized spacial score (nSPS) is 18.0. The van der Waals surface area contributed by atoms with Gasteiger partial charge in [-0.2, -0.15) is 0 Å². The molecular formula is C21H32Cl3FOSi. The Kier molecular flexibility index (Phi) is 8.95. The zero-order chi connectivity index (χ0) is 20.1. The zero-order valence-corrected chi connectivity index (χ0v) is 20.0. The summed E-state index contributed by atoms with van der Waals surface area (Å²) in [6, 6.07) is 6.59. The van der Waals surface area contributed by atoms with E-state index in [-0.39, 0.29) is 6.10 Å². The summed E-state index contributed by atoms with van der Waals surface area (Å²) in [4.78, 5) is 0. The fraction of sp³-hybridized carbons (Fsp3) is 0.714. The zero-order valence-electron chi connectivity index (χ0n) is 16.7. The lowest BCUT2D eigenvalue weighted by Crippen LogP contribution is -2.37. The third-order valence-electron chi connectivity index (χ3n) is 6.28. The van der Waals surface area contributed by atoms with Gasteiger partial charge in [0, 0.05) is 20.6 Å². The van der Waals surface area contributed by atoms with Gasteiger partial charge in [0.1, 0.15) is 5.67 Å². The van der Waals surface area contributed by atoms with Gasteiger partial charge >= 0.3 is 0 Å². The highest BCUT2D eigenvalue weighted by atomic mass is 35.5. The van der Waals surface area contributed by atoms with E-state index in [1.807, 2.05) is 0 Å². The Morgan fingerprint density at radius 1 is 1.04 bits per heavy atom. The summed E-state index contributed by atoms with van der Waals surface area (Å²) in [7, 11) is -1.87. The smallest absolute Gasteiger partial charge is 0.192 e. The second-order valence-corrected chi connectivity index (χ2v) is 13.9. The fourth-order valence-electron chi connectivity index (χ4n) is 4.29. The third kappa shape index (κ3) is 6.09. The molecule has 0 bridgehead atoms. The monoisotopic (exact) mass is 452 g/mol. The van der Waals surface area contributed by atoms with Crippen LogP contribution in [0.1, 0.15) is 77.4 Å². The highest BCUT2D eigenvalue weighted by molar-refractivity contribution is 6.73. The summed E-state index contributed by atoms with van der Waals surface area (Å²) in [6.07, 6.45) is 5.30. The van der Waals surface area contributed by atoms with Crippen LogP contribution in [0, 0.1) is 0 Å². The highest BCUT2D eigenvalue weighted by Crippen LogP contribution is 2.43. The van der Waals surface area contributed by atoms with E-state index in [2.05, 4.69) is 20.8 Å². The third-order valence-corrected chi connectivity index (χ3v) is 11.8. The molecule has 1 aromatic rings. The molecule has 0 heterocycles. The van der Waals surface area contributed by atoms with E-state index >= 15 is 0 Å². The lowest BCUT2D eigenvalue weighted by atomic mass is 9.94. The van der Waals surface area contributed by atoms with Gasteiger partial charge in [-0.15, -0.1) is 0 Å². The van der Waals surface area contributed by atoms with Crippen molar-refractivity contribution in [2.75, 3.05) is 0 Å². The lowest BCUT2D eigenvalue weighted by molar-refractivity contribution is 0.132. The Morgan fingerprint density at radius 3 is 2.04 bits per heavy atom. The maximum absolute atomic E-state index is 14.8. The van der Waals surface area contributed by atoms with E-state index in [4.69, 9.17) is 39.2 Å². The average molecular weight is 454 g/mol. The average Bonchev–Trinajstić information content (AvgIpc) is 3.05. The number of rotatable bonds is 10. The van der Waals surface area contributed by atoms with E-state index in [1.54, 1.807) is 12.1 Å². The predicted molar refractivity (Wildman–Crippen MR) is 119 cm³/mol. The van der Waals surface area contributed by atoms with Gasteiger partial charge in [0.05, 0.1) is 6.10 Å². The van der Waals surface area contributed by atoms with Crippen LogP contribution in [-0.2, 0) is 4.43 Å². The van der Waals surface area contributed by atoms with Crippen LogP contribution in [-0.4, -0.2) is 14.0 Å². The number of halogens is 4. The molecule has 1 aliphatic carbocycles. The molecule has 0 N–H and O–H groups in total. The lowest BCUT2D eigenvalue weighted by Gasteiger charge is -2.34. The molecule has 2 rings (SSSR count). The number of alkyl halides is 1. The molecule has 1 atom stereocenters.